The van der Waals surface area contributed by atoms with Gasteiger partial charge < -0.3 is 4.74 Å². The zero-order valence-electron chi connectivity index (χ0n) is 10.3. The Hall–Kier alpha value is -1.96. The molecule has 0 N–H and O–H groups in total. The molecule has 2 rings (SSSR count). The van der Waals surface area contributed by atoms with Gasteiger partial charge in [0.1, 0.15) is 0 Å². The van der Waals surface area contributed by atoms with E-state index in [0.717, 1.165) is 16.7 Å². The lowest BCUT2D eigenvalue weighted by molar-refractivity contribution is 0.0513. The molecule has 0 aliphatic heterocycles. The molecule has 0 unspecified atom stereocenters. The second-order valence-electron chi connectivity index (χ2n) is 3.81. The summed E-state index contributed by atoms with van der Waals surface area (Å²) in [6.07, 6.45) is 2.25. The number of esters is 1. The van der Waals surface area contributed by atoms with Crippen molar-refractivity contribution in [1.29, 1.82) is 0 Å². The molecule has 2 aromatic heterocycles. The molecule has 0 radical (unpaired) electrons. The molecule has 102 valence electrons. The van der Waals surface area contributed by atoms with Crippen LogP contribution >= 0.6 is 0 Å². The number of aromatic nitrogens is 2. The lowest BCUT2D eigenvalue weighted by atomic mass is 10.4. The first kappa shape index (κ1) is 13.5. The number of imidazole rings is 1. The fraction of sp³-hybridized carbons (Fsp3) is 0.273. The van der Waals surface area contributed by atoms with Gasteiger partial charge in [-0.2, -0.15) is 0 Å². The standard InChI is InChI=1S/C11H11FN2O4S/c1-3-18-11(15)8-10(19(2,16)17)13-9-7(12)5-4-6-14(8)9/h4-6H,3H2,1-2H3. The monoisotopic (exact) mass is 286 g/mol. The molecule has 0 atom stereocenters. The van der Waals surface area contributed by atoms with E-state index in [-0.39, 0.29) is 17.9 Å². The van der Waals surface area contributed by atoms with Crippen molar-refractivity contribution in [3.63, 3.8) is 0 Å². The minimum atomic E-state index is -3.77. The lowest BCUT2D eigenvalue weighted by Gasteiger charge is -2.03. The van der Waals surface area contributed by atoms with Gasteiger partial charge in [-0.15, -0.1) is 0 Å². The third-order valence-electron chi connectivity index (χ3n) is 2.39. The minimum Gasteiger partial charge on any atom is -0.461 e. The van der Waals surface area contributed by atoms with E-state index in [1.54, 1.807) is 6.92 Å². The minimum absolute atomic E-state index is 0.0740. The van der Waals surface area contributed by atoms with Crippen LogP contribution in [0.5, 0.6) is 0 Å². The summed E-state index contributed by atoms with van der Waals surface area (Å²) in [5.41, 5.74) is -0.523. The van der Waals surface area contributed by atoms with Crippen molar-refractivity contribution in [1.82, 2.24) is 9.38 Å². The van der Waals surface area contributed by atoms with Gasteiger partial charge in [-0.3, -0.25) is 4.40 Å². The van der Waals surface area contributed by atoms with Crippen LogP contribution in [0.4, 0.5) is 4.39 Å². The van der Waals surface area contributed by atoms with Crippen LogP contribution in [0.15, 0.2) is 23.4 Å². The number of rotatable bonds is 3. The van der Waals surface area contributed by atoms with Crippen LogP contribution < -0.4 is 0 Å². The average molecular weight is 286 g/mol. The van der Waals surface area contributed by atoms with Gasteiger partial charge in [-0.05, 0) is 19.1 Å². The maximum absolute atomic E-state index is 13.6. The van der Waals surface area contributed by atoms with E-state index < -0.39 is 26.6 Å². The average Bonchev–Trinajstić information content (AvgIpc) is 2.70. The normalized spacial score (nSPS) is 11.7. The van der Waals surface area contributed by atoms with Gasteiger partial charge in [0.15, 0.2) is 32.0 Å². The van der Waals surface area contributed by atoms with E-state index in [4.69, 9.17) is 4.74 Å². The van der Waals surface area contributed by atoms with Crippen molar-refractivity contribution in [2.45, 2.75) is 11.9 Å². The van der Waals surface area contributed by atoms with Crippen molar-refractivity contribution < 1.29 is 22.3 Å². The number of sulfone groups is 1. The van der Waals surface area contributed by atoms with Gasteiger partial charge in [0.25, 0.3) is 0 Å². The molecule has 2 aromatic rings. The van der Waals surface area contributed by atoms with Gasteiger partial charge in [-0.1, -0.05) is 0 Å². The molecule has 0 saturated heterocycles. The number of hydrogen-bond donors (Lipinski definition) is 0. The molecular formula is C11H11FN2O4S. The zero-order chi connectivity index (χ0) is 14.2. The van der Waals surface area contributed by atoms with E-state index in [0.29, 0.717) is 0 Å². The van der Waals surface area contributed by atoms with Crippen LogP contribution in [0.1, 0.15) is 17.4 Å². The summed E-state index contributed by atoms with van der Waals surface area (Å²) in [5.74, 6) is -1.58. The third-order valence-corrected chi connectivity index (χ3v) is 3.38. The number of halogens is 1. The Morgan fingerprint density at radius 2 is 2.21 bits per heavy atom. The summed E-state index contributed by atoms with van der Waals surface area (Å²) in [6.45, 7) is 1.66. The van der Waals surface area contributed by atoms with Gasteiger partial charge in [0, 0.05) is 12.5 Å². The quantitative estimate of drug-likeness (QED) is 0.788. The zero-order valence-corrected chi connectivity index (χ0v) is 11.1. The van der Waals surface area contributed by atoms with E-state index in [9.17, 15) is 17.6 Å². The molecule has 0 aliphatic rings. The topological polar surface area (TPSA) is 77.7 Å². The molecule has 0 aliphatic carbocycles. The van der Waals surface area contributed by atoms with Crippen LogP contribution in [0, 0.1) is 5.82 Å². The second kappa shape index (κ2) is 4.61. The van der Waals surface area contributed by atoms with Crippen molar-refractivity contribution in [3.05, 3.63) is 29.8 Å². The Labute approximate surface area is 108 Å². The Morgan fingerprint density at radius 3 is 2.79 bits per heavy atom. The Balaban J connectivity index is 2.84. The third kappa shape index (κ3) is 2.30. The van der Waals surface area contributed by atoms with E-state index in [2.05, 4.69) is 4.98 Å². The van der Waals surface area contributed by atoms with Crippen LogP contribution in [0.25, 0.3) is 5.65 Å². The highest BCUT2D eigenvalue weighted by Crippen LogP contribution is 2.20. The van der Waals surface area contributed by atoms with Crippen LogP contribution in [0.2, 0.25) is 0 Å². The van der Waals surface area contributed by atoms with Gasteiger partial charge in [0.05, 0.1) is 6.61 Å². The predicted octanol–water partition coefficient (Wildman–Crippen LogP) is 1.05. The first-order chi connectivity index (χ1) is 8.86. The number of carbonyl (C=O) groups excluding carboxylic acids is 1. The first-order valence-electron chi connectivity index (χ1n) is 5.40. The second-order valence-corrected chi connectivity index (χ2v) is 5.74. The number of pyridine rings is 1. The van der Waals surface area contributed by atoms with Gasteiger partial charge >= 0.3 is 5.97 Å². The smallest absolute Gasteiger partial charge is 0.358 e. The first-order valence-corrected chi connectivity index (χ1v) is 7.29. The molecule has 0 aromatic carbocycles. The molecule has 2 heterocycles. The van der Waals surface area contributed by atoms with Crippen molar-refractivity contribution >= 4 is 21.5 Å². The molecule has 8 heteroatoms. The number of carbonyl (C=O) groups is 1. The maximum atomic E-state index is 13.6. The molecule has 0 spiro atoms. The number of fused-ring (bicyclic) bond motifs is 1. The Bertz CT molecular complexity index is 751. The highest BCUT2D eigenvalue weighted by Gasteiger charge is 2.27. The molecule has 0 bridgehead atoms. The van der Waals surface area contributed by atoms with E-state index >= 15 is 0 Å². The fourth-order valence-corrected chi connectivity index (χ4v) is 2.44. The largest absolute Gasteiger partial charge is 0.461 e. The highest BCUT2D eigenvalue weighted by atomic mass is 32.2. The summed E-state index contributed by atoms with van der Waals surface area (Å²) in [7, 11) is -3.77. The SMILES string of the molecule is CCOC(=O)c1c(S(C)(=O)=O)nc2c(F)cccn12. The number of ether oxygens (including phenoxy) is 1. The predicted molar refractivity (Wildman–Crippen MR) is 64.2 cm³/mol. The van der Waals surface area contributed by atoms with Crippen molar-refractivity contribution in [2.24, 2.45) is 0 Å². The number of hydrogen-bond acceptors (Lipinski definition) is 5. The molecule has 19 heavy (non-hydrogen) atoms. The molecule has 6 nitrogen and oxygen atoms in total. The molecule has 0 fully saturated rings. The Kier molecular flexibility index (Phi) is 3.27. The van der Waals surface area contributed by atoms with Crippen molar-refractivity contribution in [2.75, 3.05) is 12.9 Å². The molecule has 0 amide bonds. The van der Waals surface area contributed by atoms with Crippen LogP contribution in [-0.4, -0.2) is 36.6 Å². The van der Waals surface area contributed by atoms with Crippen LogP contribution in [0.3, 0.4) is 0 Å². The molecular weight excluding hydrogens is 275 g/mol. The van der Waals surface area contributed by atoms with Gasteiger partial charge in [-0.25, -0.2) is 22.6 Å². The lowest BCUT2D eigenvalue weighted by Crippen LogP contribution is -2.13. The summed E-state index contributed by atoms with van der Waals surface area (Å²) < 4.78 is 42.7. The highest BCUT2D eigenvalue weighted by molar-refractivity contribution is 7.90. The summed E-state index contributed by atoms with van der Waals surface area (Å²) in [6, 6.07) is 2.47. The van der Waals surface area contributed by atoms with Crippen LogP contribution in [-0.2, 0) is 14.6 Å². The summed E-state index contributed by atoms with van der Waals surface area (Å²) in [5, 5.41) is -0.490. The van der Waals surface area contributed by atoms with E-state index in [1.165, 1.54) is 12.3 Å². The number of nitrogens with zero attached hydrogens (tertiary/aromatic N) is 2. The van der Waals surface area contributed by atoms with Gasteiger partial charge in [0.2, 0.25) is 0 Å². The maximum Gasteiger partial charge on any atom is 0.358 e. The molecule has 0 saturated carbocycles. The fourth-order valence-electron chi connectivity index (χ4n) is 1.66. The Morgan fingerprint density at radius 1 is 1.53 bits per heavy atom. The summed E-state index contributed by atoms with van der Waals surface area (Å²) >= 11 is 0. The van der Waals surface area contributed by atoms with E-state index in [1.807, 2.05) is 0 Å². The van der Waals surface area contributed by atoms with Crippen molar-refractivity contribution in [3.8, 4) is 0 Å². The summed E-state index contributed by atoms with van der Waals surface area (Å²) in [4.78, 5) is 15.5.